The van der Waals surface area contributed by atoms with Crippen LogP contribution in [0.5, 0.6) is 5.88 Å². The molecule has 0 aliphatic heterocycles. The summed E-state index contributed by atoms with van der Waals surface area (Å²) in [6.07, 6.45) is 3.62. The van der Waals surface area contributed by atoms with Gasteiger partial charge < -0.3 is 4.74 Å². The molecule has 0 radical (unpaired) electrons. The molecule has 0 aliphatic rings. The molecule has 5 heteroatoms. The van der Waals surface area contributed by atoms with Gasteiger partial charge in [0.05, 0.1) is 30.7 Å². The van der Waals surface area contributed by atoms with Crippen molar-refractivity contribution < 1.29 is 4.74 Å². The van der Waals surface area contributed by atoms with Crippen LogP contribution in [0.1, 0.15) is 0 Å². The number of rotatable bonds is 2. The van der Waals surface area contributed by atoms with Crippen LogP contribution in [0.15, 0.2) is 42.7 Å². The molecule has 18 heavy (non-hydrogen) atoms. The van der Waals surface area contributed by atoms with Crippen LogP contribution in [0.2, 0.25) is 0 Å². The Kier molecular flexibility index (Phi) is 2.91. The van der Waals surface area contributed by atoms with E-state index in [0.717, 1.165) is 16.6 Å². The zero-order valence-electron chi connectivity index (χ0n) is 9.67. The molecule has 3 rings (SSSR count). The molecule has 2 heterocycles. The van der Waals surface area contributed by atoms with Gasteiger partial charge in [-0.2, -0.15) is 5.10 Å². The highest BCUT2D eigenvalue weighted by Crippen LogP contribution is 2.20. The van der Waals surface area contributed by atoms with Crippen LogP contribution in [-0.4, -0.2) is 21.9 Å². The molecule has 0 aliphatic carbocycles. The van der Waals surface area contributed by atoms with E-state index in [1.165, 1.54) is 3.57 Å². The summed E-state index contributed by atoms with van der Waals surface area (Å²) in [5, 5.41) is 5.52. The van der Waals surface area contributed by atoms with Gasteiger partial charge in [-0.05, 0) is 46.9 Å². The summed E-state index contributed by atoms with van der Waals surface area (Å²) in [5.74, 6) is 0.602. The quantitative estimate of drug-likeness (QED) is 0.667. The first-order valence-electron chi connectivity index (χ1n) is 5.41. The van der Waals surface area contributed by atoms with Crippen LogP contribution in [0.3, 0.4) is 0 Å². The predicted molar refractivity (Wildman–Crippen MR) is 78.1 cm³/mol. The minimum absolute atomic E-state index is 0.602. The molecule has 0 saturated heterocycles. The van der Waals surface area contributed by atoms with E-state index < -0.39 is 0 Å². The van der Waals surface area contributed by atoms with Crippen molar-refractivity contribution in [2.45, 2.75) is 0 Å². The van der Waals surface area contributed by atoms with Crippen molar-refractivity contribution >= 4 is 33.5 Å². The molecular formula is C13H10IN3O. The molecule has 0 fully saturated rings. The fourth-order valence-electron chi connectivity index (χ4n) is 1.83. The number of hydrogen-bond donors (Lipinski definition) is 0. The van der Waals surface area contributed by atoms with E-state index >= 15 is 0 Å². The van der Waals surface area contributed by atoms with Crippen molar-refractivity contribution in [2.24, 2.45) is 0 Å². The SMILES string of the molecule is COc1ccc(-n2ncc3cc(I)ccc32)cn1. The zero-order chi connectivity index (χ0) is 12.5. The summed E-state index contributed by atoms with van der Waals surface area (Å²) >= 11 is 2.30. The maximum absolute atomic E-state index is 5.05. The molecule has 1 aromatic carbocycles. The van der Waals surface area contributed by atoms with E-state index in [1.807, 2.05) is 23.0 Å². The second kappa shape index (κ2) is 4.56. The second-order valence-corrected chi connectivity index (χ2v) is 5.06. The molecule has 2 aromatic heterocycles. The van der Waals surface area contributed by atoms with Crippen LogP contribution in [0, 0.1) is 3.57 Å². The average Bonchev–Trinajstić information content (AvgIpc) is 2.81. The molecule has 3 aromatic rings. The monoisotopic (exact) mass is 351 g/mol. The first-order chi connectivity index (χ1) is 8.78. The van der Waals surface area contributed by atoms with E-state index in [-0.39, 0.29) is 0 Å². The Morgan fingerprint density at radius 3 is 2.78 bits per heavy atom. The lowest BCUT2D eigenvalue weighted by molar-refractivity contribution is 0.397. The average molecular weight is 351 g/mol. The first kappa shape index (κ1) is 11.5. The van der Waals surface area contributed by atoms with Crippen LogP contribution >= 0.6 is 22.6 Å². The summed E-state index contributed by atoms with van der Waals surface area (Å²) < 4.78 is 8.12. The molecule has 0 saturated carbocycles. The number of halogens is 1. The maximum atomic E-state index is 5.05. The van der Waals surface area contributed by atoms with Gasteiger partial charge in [0, 0.05) is 15.0 Å². The third kappa shape index (κ3) is 1.94. The smallest absolute Gasteiger partial charge is 0.213 e. The number of hydrogen-bond acceptors (Lipinski definition) is 3. The molecule has 0 unspecified atom stereocenters. The first-order valence-corrected chi connectivity index (χ1v) is 6.49. The van der Waals surface area contributed by atoms with Crippen LogP contribution in [-0.2, 0) is 0 Å². The van der Waals surface area contributed by atoms with Crippen LogP contribution < -0.4 is 4.74 Å². The predicted octanol–water partition coefficient (Wildman–Crippen LogP) is 3.03. The Morgan fingerprint density at radius 1 is 1.17 bits per heavy atom. The number of fused-ring (bicyclic) bond motifs is 1. The van der Waals surface area contributed by atoms with Crippen LogP contribution in [0.4, 0.5) is 0 Å². The number of ether oxygens (including phenoxy) is 1. The summed E-state index contributed by atoms with van der Waals surface area (Å²) in [7, 11) is 1.60. The molecule has 0 spiro atoms. The molecule has 0 N–H and O–H groups in total. The van der Waals surface area contributed by atoms with E-state index in [0.29, 0.717) is 5.88 Å². The Balaban J connectivity index is 2.13. The minimum atomic E-state index is 0.602. The van der Waals surface area contributed by atoms with Gasteiger partial charge in [0.2, 0.25) is 5.88 Å². The number of methoxy groups -OCH3 is 1. The van der Waals surface area contributed by atoms with Crippen molar-refractivity contribution in [2.75, 3.05) is 7.11 Å². The van der Waals surface area contributed by atoms with Crippen molar-refractivity contribution in [3.63, 3.8) is 0 Å². The van der Waals surface area contributed by atoms with Gasteiger partial charge in [-0.25, -0.2) is 9.67 Å². The Hall–Kier alpha value is -1.63. The highest BCUT2D eigenvalue weighted by Gasteiger charge is 2.05. The van der Waals surface area contributed by atoms with Crippen LogP contribution in [0.25, 0.3) is 16.6 Å². The highest BCUT2D eigenvalue weighted by atomic mass is 127. The van der Waals surface area contributed by atoms with Gasteiger partial charge in [0.25, 0.3) is 0 Å². The van der Waals surface area contributed by atoms with Crippen molar-refractivity contribution in [1.82, 2.24) is 14.8 Å². The van der Waals surface area contributed by atoms with Gasteiger partial charge in [-0.1, -0.05) is 0 Å². The van der Waals surface area contributed by atoms with E-state index in [2.05, 4.69) is 50.9 Å². The minimum Gasteiger partial charge on any atom is -0.481 e. The molecule has 0 bridgehead atoms. The lowest BCUT2D eigenvalue weighted by Gasteiger charge is -2.04. The lowest BCUT2D eigenvalue weighted by atomic mass is 10.2. The molecular weight excluding hydrogens is 341 g/mol. The summed E-state index contributed by atoms with van der Waals surface area (Å²) in [5.41, 5.74) is 1.99. The van der Waals surface area contributed by atoms with E-state index in [4.69, 9.17) is 4.74 Å². The third-order valence-electron chi connectivity index (χ3n) is 2.70. The fraction of sp³-hybridized carbons (Fsp3) is 0.0769. The maximum Gasteiger partial charge on any atom is 0.213 e. The molecule has 0 atom stereocenters. The Labute approximate surface area is 118 Å². The molecule has 0 amide bonds. The summed E-state index contributed by atoms with van der Waals surface area (Å²) in [4.78, 5) is 4.19. The summed E-state index contributed by atoms with van der Waals surface area (Å²) in [6.45, 7) is 0. The zero-order valence-corrected chi connectivity index (χ0v) is 11.8. The van der Waals surface area contributed by atoms with Gasteiger partial charge in [-0.15, -0.1) is 0 Å². The second-order valence-electron chi connectivity index (χ2n) is 3.82. The normalized spacial score (nSPS) is 10.8. The van der Waals surface area contributed by atoms with E-state index in [1.54, 1.807) is 13.3 Å². The van der Waals surface area contributed by atoms with Crippen molar-refractivity contribution in [3.8, 4) is 11.6 Å². The van der Waals surface area contributed by atoms with Gasteiger partial charge >= 0.3 is 0 Å². The van der Waals surface area contributed by atoms with Crippen molar-refractivity contribution in [3.05, 3.63) is 46.3 Å². The van der Waals surface area contributed by atoms with Gasteiger partial charge in [-0.3, -0.25) is 0 Å². The Morgan fingerprint density at radius 2 is 2.06 bits per heavy atom. The number of aromatic nitrogens is 3. The highest BCUT2D eigenvalue weighted by molar-refractivity contribution is 14.1. The lowest BCUT2D eigenvalue weighted by Crippen LogP contribution is -1.97. The standard InChI is InChI=1S/C13H10IN3O/c1-18-13-5-3-11(8-15-13)17-12-4-2-10(14)6-9(12)7-16-17/h2-8H,1H3. The number of nitrogens with zero attached hydrogens (tertiary/aromatic N) is 3. The van der Waals surface area contributed by atoms with Gasteiger partial charge in [0.1, 0.15) is 0 Å². The van der Waals surface area contributed by atoms with Gasteiger partial charge in [0.15, 0.2) is 0 Å². The number of benzene rings is 1. The molecule has 4 nitrogen and oxygen atoms in total. The summed E-state index contributed by atoms with van der Waals surface area (Å²) in [6, 6.07) is 10.0. The largest absolute Gasteiger partial charge is 0.481 e. The Bertz CT molecular complexity index is 691. The topological polar surface area (TPSA) is 39.9 Å². The fourth-order valence-corrected chi connectivity index (χ4v) is 2.34. The van der Waals surface area contributed by atoms with E-state index in [9.17, 15) is 0 Å². The molecule has 90 valence electrons. The van der Waals surface area contributed by atoms with Crippen molar-refractivity contribution in [1.29, 1.82) is 0 Å². The third-order valence-corrected chi connectivity index (χ3v) is 3.38. The number of pyridine rings is 1.